The second kappa shape index (κ2) is 6.64. The molecule has 6 nitrogen and oxygen atoms in total. The van der Waals surface area contributed by atoms with Crippen LogP contribution in [0.3, 0.4) is 0 Å². The molecule has 1 saturated heterocycles. The van der Waals surface area contributed by atoms with Crippen molar-refractivity contribution in [2.75, 3.05) is 31.1 Å². The number of nitrogens with zero attached hydrogens (tertiary/aromatic N) is 4. The molecule has 0 aliphatic carbocycles. The van der Waals surface area contributed by atoms with Gasteiger partial charge in [-0.25, -0.2) is 0 Å². The van der Waals surface area contributed by atoms with Crippen molar-refractivity contribution in [2.24, 2.45) is 0 Å². The van der Waals surface area contributed by atoms with Crippen LogP contribution in [0.1, 0.15) is 18.4 Å². The number of allylic oxidation sites excluding steroid dienone is 1. The summed E-state index contributed by atoms with van der Waals surface area (Å²) >= 11 is 0. The Labute approximate surface area is 135 Å². The Morgan fingerprint density at radius 2 is 1.83 bits per heavy atom. The SMILES string of the molecule is C/C(=C\C(=O)N1CCN(c2nnc(C)o2)CC1)c1ccccc1. The molecule has 23 heavy (non-hydrogen) atoms. The number of amides is 1. The van der Waals surface area contributed by atoms with Gasteiger partial charge in [-0.05, 0) is 18.1 Å². The second-order valence-corrected chi connectivity index (χ2v) is 5.61. The van der Waals surface area contributed by atoms with Gasteiger partial charge >= 0.3 is 6.01 Å². The first kappa shape index (κ1) is 15.3. The van der Waals surface area contributed by atoms with E-state index in [-0.39, 0.29) is 5.91 Å². The van der Waals surface area contributed by atoms with Gasteiger partial charge < -0.3 is 14.2 Å². The molecule has 0 unspecified atom stereocenters. The third-order valence-corrected chi connectivity index (χ3v) is 3.95. The van der Waals surface area contributed by atoms with Crippen LogP contribution in [0.5, 0.6) is 0 Å². The Morgan fingerprint density at radius 1 is 1.13 bits per heavy atom. The zero-order chi connectivity index (χ0) is 16.2. The summed E-state index contributed by atoms with van der Waals surface area (Å²) in [5.74, 6) is 0.604. The molecule has 1 aliphatic rings. The molecular formula is C17H20N4O2. The van der Waals surface area contributed by atoms with Gasteiger partial charge in [0, 0.05) is 39.2 Å². The van der Waals surface area contributed by atoms with E-state index in [4.69, 9.17) is 4.42 Å². The van der Waals surface area contributed by atoms with Crippen LogP contribution in [0.25, 0.3) is 5.57 Å². The quantitative estimate of drug-likeness (QED) is 0.813. The fourth-order valence-electron chi connectivity index (χ4n) is 2.59. The third kappa shape index (κ3) is 3.59. The average Bonchev–Trinajstić information content (AvgIpc) is 3.02. The van der Waals surface area contributed by atoms with Gasteiger partial charge in [-0.15, -0.1) is 5.10 Å². The minimum absolute atomic E-state index is 0.0488. The predicted octanol–water partition coefficient (Wildman–Crippen LogP) is 2.13. The van der Waals surface area contributed by atoms with E-state index in [1.165, 1.54) is 0 Å². The van der Waals surface area contributed by atoms with E-state index in [1.54, 1.807) is 13.0 Å². The lowest BCUT2D eigenvalue weighted by atomic mass is 10.1. The topological polar surface area (TPSA) is 62.5 Å². The zero-order valence-electron chi connectivity index (χ0n) is 13.4. The van der Waals surface area contributed by atoms with Crippen molar-refractivity contribution in [1.82, 2.24) is 15.1 Å². The van der Waals surface area contributed by atoms with Crippen LogP contribution in [0.2, 0.25) is 0 Å². The number of rotatable bonds is 3. The standard InChI is InChI=1S/C17H20N4O2/c1-13(15-6-4-3-5-7-15)12-16(22)20-8-10-21(11-9-20)17-19-18-14(2)23-17/h3-7,12H,8-11H2,1-2H3/b13-12+. The highest BCUT2D eigenvalue weighted by Crippen LogP contribution is 2.16. The van der Waals surface area contributed by atoms with E-state index in [9.17, 15) is 4.79 Å². The fraction of sp³-hybridized carbons (Fsp3) is 0.353. The van der Waals surface area contributed by atoms with E-state index in [1.807, 2.05) is 47.1 Å². The first-order valence-corrected chi connectivity index (χ1v) is 7.71. The molecule has 0 spiro atoms. The molecule has 1 aromatic carbocycles. The van der Waals surface area contributed by atoms with Gasteiger partial charge in [-0.1, -0.05) is 35.4 Å². The Balaban J connectivity index is 1.60. The summed E-state index contributed by atoms with van der Waals surface area (Å²) in [7, 11) is 0. The van der Waals surface area contributed by atoms with Gasteiger partial charge in [-0.2, -0.15) is 0 Å². The van der Waals surface area contributed by atoms with Crippen molar-refractivity contribution in [1.29, 1.82) is 0 Å². The smallest absolute Gasteiger partial charge is 0.318 e. The van der Waals surface area contributed by atoms with Crippen LogP contribution < -0.4 is 4.90 Å². The van der Waals surface area contributed by atoms with Gasteiger partial charge in [0.15, 0.2) is 0 Å². The highest BCUT2D eigenvalue weighted by atomic mass is 16.4. The van der Waals surface area contributed by atoms with Crippen LogP contribution in [-0.2, 0) is 4.79 Å². The highest BCUT2D eigenvalue weighted by Gasteiger charge is 2.23. The second-order valence-electron chi connectivity index (χ2n) is 5.61. The number of hydrogen-bond donors (Lipinski definition) is 0. The summed E-state index contributed by atoms with van der Waals surface area (Å²) in [6, 6.07) is 10.5. The largest absolute Gasteiger partial charge is 0.408 e. The molecule has 0 bridgehead atoms. The Bertz CT molecular complexity index is 700. The highest BCUT2D eigenvalue weighted by molar-refractivity contribution is 5.95. The molecule has 1 amide bonds. The number of aryl methyl sites for hydroxylation is 1. The molecule has 3 rings (SSSR count). The summed E-state index contributed by atoms with van der Waals surface area (Å²) < 4.78 is 5.43. The number of anilines is 1. The van der Waals surface area contributed by atoms with Crippen molar-refractivity contribution < 1.29 is 9.21 Å². The van der Waals surface area contributed by atoms with E-state index >= 15 is 0 Å². The average molecular weight is 312 g/mol. The van der Waals surface area contributed by atoms with E-state index in [2.05, 4.69) is 10.2 Å². The Kier molecular flexibility index (Phi) is 4.41. The summed E-state index contributed by atoms with van der Waals surface area (Å²) in [6.07, 6.45) is 1.71. The van der Waals surface area contributed by atoms with Crippen LogP contribution in [0, 0.1) is 6.92 Å². The number of aromatic nitrogens is 2. The molecule has 1 fully saturated rings. The fourth-order valence-corrected chi connectivity index (χ4v) is 2.59. The molecule has 0 radical (unpaired) electrons. The van der Waals surface area contributed by atoms with Crippen LogP contribution >= 0.6 is 0 Å². The Hall–Kier alpha value is -2.63. The molecule has 0 atom stereocenters. The van der Waals surface area contributed by atoms with Crippen LogP contribution in [0.4, 0.5) is 6.01 Å². The summed E-state index contributed by atoms with van der Waals surface area (Å²) in [4.78, 5) is 16.3. The number of carbonyl (C=O) groups excluding carboxylic acids is 1. The van der Waals surface area contributed by atoms with Gasteiger partial charge in [0.2, 0.25) is 11.8 Å². The summed E-state index contributed by atoms with van der Waals surface area (Å²) in [5, 5.41) is 7.86. The lowest BCUT2D eigenvalue weighted by molar-refractivity contribution is -0.126. The monoisotopic (exact) mass is 312 g/mol. The van der Waals surface area contributed by atoms with E-state index < -0.39 is 0 Å². The van der Waals surface area contributed by atoms with Gasteiger partial charge in [0.05, 0.1) is 0 Å². The third-order valence-electron chi connectivity index (χ3n) is 3.95. The normalized spacial score (nSPS) is 15.8. The molecule has 0 saturated carbocycles. The maximum absolute atomic E-state index is 12.4. The van der Waals surface area contributed by atoms with Gasteiger partial charge in [-0.3, -0.25) is 4.79 Å². The van der Waals surface area contributed by atoms with Crippen molar-refractivity contribution >= 4 is 17.5 Å². The molecule has 120 valence electrons. The summed E-state index contributed by atoms with van der Waals surface area (Å²) in [5.41, 5.74) is 2.05. The zero-order valence-corrected chi connectivity index (χ0v) is 13.4. The van der Waals surface area contributed by atoms with E-state index in [0.717, 1.165) is 11.1 Å². The molecule has 0 N–H and O–H groups in total. The van der Waals surface area contributed by atoms with Crippen molar-refractivity contribution in [3.8, 4) is 0 Å². The minimum atomic E-state index is 0.0488. The van der Waals surface area contributed by atoms with Crippen molar-refractivity contribution in [3.63, 3.8) is 0 Å². The number of piperazine rings is 1. The molecule has 1 aromatic heterocycles. The molecule has 2 heterocycles. The predicted molar refractivity (Wildman–Crippen MR) is 87.9 cm³/mol. The lowest BCUT2D eigenvalue weighted by Gasteiger charge is -2.33. The van der Waals surface area contributed by atoms with Crippen LogP contribution in [0.15, 0.2) is 40.8 Å². The van der Waals surface area contributed by atoms with Gasteiger partial charge in [0.25, 0.3) is 0 Å². The number of benzene rings is 1. The molecular weight excluding hydrogens is 292 g/mol. The van der Waals surface area contributed by atoms with Crippen LogP contribution in [-0.4, -0.2) is 47.2 Å². The maximum Gasteiger partial charge on any atom is 0.318 e. The Morgan fingerprint density at radius 3 is 2.43 bits per heavy atom. The maximum atomic E-state index is 12.4. The first-order chi connectivity index (χ1) is 11.1. The van der Waals surface area contributed by atoms with E-state index in [0.29, 0.717) is 38.1 Å². The first-order valence-electron chi connectivity index (χ1n) is 7.71. The van der Waals surface area contributed by atoms with Gasteiger partial charge in [0.1, 0.15) is 0 Å². The lowest BCUT2D eigenvalue weighted by Crippen LogP contribution is -2.48. The minimum Gasteiger partial charge on any atom is -0.408 e. The number of hydrogen-bond acceptors (Lipinski definition) is 5. The number of carbonyl (C=O) groups is 1. The van der Waals surface area contributed by atoms with Crippen molar-refractivity contribution in [2.45, 2.75) is 13.8 Å². The molecule has 1 aliphatic heterocycles. The summed E-state index contributed by atoms with van der Waals surface area (Å²) in [6.45, 7) is 6.44. The molecule has 2 aromatic rings. The molecule has 6 heteroatoms. The van der Waals surface area contributed by atoms with Crippen molar-refractivity contribution in [3.05, 3.63) is 47.9 Å².